The summed E-state index contributed by atoms with van der Waals surface area (Å²) in [4.78, 5) is 16.6. The number of para-hydroxylation sites is 2. The molecule has 1 aromatic heterocycles. The maximum absolute atomic E-state index is 11.8. The maximum atomic E-state index is 11.8. The summed E-state index contributed by atoms with van der Waals surface area (Å²) in [6.45, 7) is 3.68. The van der Waals surface area contributed by atoms with Gasteiger partial charge in [0.1, 0.15) is 5.75 Å². The molecule has 0 fully saturated rings. The van der Waals surface area contributed by atoms with Gasteiger partial charge in [0.25, 0.3) is 0 Å². The summed E-state index contributed by atoms with van der Waals surface area (Å²) in [5, 5.41) is 0.920. The van der Waals surface area contributed by atoms with Crippen molar-refractivity contribution in [1.29, 1.82) is 0 Å². The fraction of sp³-hybridized carbons (Fsp3) is 0.167. The van der Waals surface area contributed by atoms with Crippen LogP contribution in [0.3, 0.4) is 0 Å². The Kier molecular flexibility index (Phi) is 5.41. The van der Waals surface area contributed by atoms with Crippen LogP contribution in [-0.4, -0.2) is 22.4 Å². The minimum absolute atomic E-state index is 0.0849. The van der Waals surface area contributed by atoms with Crippen molar-refractivity contribution in [2.75, 3.05) is 7.11 Å². The van der Waals surface area contributed by atoms with Crippen LogP contribution in [0.2, 0.25) is 0 Å². The van der Waals surface area contributed by atoms with E-state index in [0.717, 1.165) is 44.5 Å². The van der Waals surface area contributed by atoms with E-state index in [4.69, 9.17) is 9.72 Å². The zero-order chi connectivity index (χ0) is 20.4. The number of methoxy groups -OCH3 is 1. The third-order valence-electron chi connectivity index (χ3n) is 4.97. The largest absolute Gasteiger partial charge is 0.497 e. The molecular formula is C24H22N2O2S. The molecule has 4 nitrogen and oxygen atoms in total. The third-order valence-corrected chi connectivity index (χ3v) is 5.96. The molecule has 0 aliphatic rings. The van der Waals surface area contributed by atoms with Gasteiger partial charge in [-0.1, -0.05) is 36.0 Å². The number of carbonyl (C=O) groups excluding carboxylic acids is 1. The standard InChI is InChI=1S/C24H22N2O2S/c1-16-8-9-18(17(2)27)14-19(16)15-29-24-25-22-6-4-5-7-23(22)26(24)20-10-12-21(28-3)13-11-20/h4-14H,15H2,1-3H3. The number of Topliss-reactive ketones (excluding diaryl/α,β-unsaturated/α-hetero) is 1. The first-order chi connectivity index (χ1) is 14.1. The van der Waals surface area contributed by atoms with Gasteiger partial charge in [0.2, 0.25) is 0 Å². The molecule has 0 radical (unpaired) electrons. The van der Waals surface area contributed by atoms with Gasteiger partial charge in [0, 0.05) is 17.0 Å². The molecule has 0 bridgehead atoms. The van der Waals surface area contributed by atoms with Crippen molar-refractivity contribution in [3.8, 4) is 11.4 Å². The Morgan fingerprint density at radius 1 is 1.07 bits per heavy atom. The van der Waals surface area contributed by atoms with Crippen LogP contribution < -0.4 is 4.74 Å². The molecule has 3 aromatic carbocycles. The lowest BCUT2D eigenvalue weighted by molar-refractivity contribution is 0.101. The Morgan fingerprint density at radius 3 is 2.55 bits per heavy atom. The second kappa shape index (κ2) is 8.13. The molecule has 1 heterocycles. The van der Waals surface area contributed by atoms with E-state index in [1.54, 1.807) is 25.8 Å². The van der Waals surface area contributed by atoms with Crippen LogP contribution in [0.15, 0.2) is 71.9 Å². The lowest BCUT2D eigenvalue weighted by Crippen LogP contribution is -1.99. The number of carbonyl (C=O) groups is 1. The highest BCUT2D eigenvalue weighted by atomic mass is 32.2. The fourth-order valence-electron chi connectivity index (χ4n) is 3.27. The van der Waals surface area contributed by atoms with Gasteiger partial charge < -0.3 is 4.74 Å². The van der Waals surface area contributed by atoms with E-state index in [9.17, 15) is 4.79 Å². The zero-order valence-corrected chi connectivity index (χ0v) is 17.5. The number of nitrogens with zero attached hydrogens (tertiary/aromatic N) is 2. The van der Waals surface area contributed by atoms with Crippen LogP contribution in [0.25, 0.3) is 16.7 Å². The first kappa shape index (κ1) is 19.3. The van der Waals surface area contributed by atoms with E-state index >= 15 is 0 Å². The van der Waals surface area contributed by atoms with Crippen LogP contribution in [-0.2, 0) is 5.75 Å². The molecule has 0 saturated heterocycles. The summed E-state index contributed by atoms with van der Waals surface area (Å²) in [5.41, 5.74) is 6.13. The maximum Gasteiger partial charge on any atom is 0.174 e. The predicted molar refractivity (Wildman–Crippen MR) is 118 cm³/mol. The molecule has 146 valence electrons. The SMILES string of the molecule is COc1ccc(-n2c(SCc3cc(C(C)=O)ccc3C)nc3ccccc32)cc1. The first-order valence-electron chi connectivity index (χ1n) is 9.42. The average Bonchev–Trinajstić information content (AvgIpc) is 3.11. The molecule has 4 aromatic rings. The minimum atomic E-state index is 0.0849. The number of fused-ring (bicyclic) bond motifs is 1. The van der Waals surface area contributed by atoms with Crippen LogP contribution >= 0.6 is 11.8 Å². The van der Waals surface area contributed by atoms with E-state index in [1.165, 1.54) is 5.56 Å². The summed E-state index contributed by atoms with van der Waals surface area (Å²) in [6, 6.07) is 22.0. The Balaban J connectivity index is 1.72. The number of hydrogen-bond acceptors (Lipinski definition) is 4. The topological polar surface area (TPSA) is 44.1 Å². The van der Waals surface area contributed by atoms with Crippen molar-refractivity contribution in [1.82, 2.24) is 9.55 Å². The Morgan fingerprint density at radius 2 is 1.83 bits per heavy atom. The molecule has 5 heteroatoms. The number of rotatable bonds is 6. The van der Waals surface area contributed by atoms with Crippen molar-refractivity contribution in [3.05, 3.63) is 83.4 Å². The summed E-state index contributed by atoms with van der Waals surface area (Å²) in [6.07, 6.45) is 0. The third kappa shape index (κ3) is 3.91. The van der Waals surface area contributed by atoms with Gasteiger partial charge in [-0.15, -0.1) is 0 Å². The number of benzene rings is 3. The van der Waals surface area contributed by atoms with Crippen LogP contribution in [0.5, 0.6) is 5.75 Å². The van der Waals surface area contributed by atoms with Crippen LogP contribution in [0.1, 0.15) is 28.4 Å². The minimum Gasteiger partial charge on any atom is -0.497 e. The molecule has 0 aliphatic heterocycles. The monoisotopic (exact) mass is 402 g/mol. The average molecular weight is 403 g/mol. The van der Waals surface area contributed by atoms with Crippen LogP contribution in [0, 0.1) is 6.92 Å². The summed E-state index contributed by atoms with van der Waals surface area (Å²) in [5.74, 6) is 1.65. The van der Waals surface area contributed by atoms with E-state index in [0.29, 0.717) is 0 Å². The first-order valence-corrected chi connectivity index (χ1v) is 10.4. The molecule has 0 spiro atoms. The fourth-order valence-corrected chi connectivity index (χ4v) is 4.36. The van der Waals surface area contributed by atoms with Gasteiger partial charge in [-0.3, -0.25) is 9.36 Å². The highest BCUT2D eigenvalue weighted by Gasteiger charge is 2.14. The number of imidazole rings is 1. The molecular weight excluding hydrogens is 380 g/mol. The number of aromatic nitrogens is 2. The second-order valence-electron chi connectivity index (χ2n) is 6.90. The highest BCUT2D eigenvalue weighted by molar-refractivity contribution is 7.98. The molecule has 0 atom stereocenters. The molecule has 0 aliphatic carbocycles. The van der Waals surface area contributed by atoms with Gasteiger partial charge in [-0.25, -0.2) is 4.98 Å². The van der Waals surface area contributed by atoms with Crippen molar-refractivity contribution in [2.45, 2.75) is 24.8 Å². The Hall–Kier alpha value is -3.05. The predicted octanol–water partition coefficient (Wildman–Crippen LogP) is 5.84. The van der Waals surface area contributed by atoms with Crippen molar-refractivity contribution < 1.29 is 9.53 Å². The van der Waals surface area contributed by atoms with Gasteiger partial charge in [0.05, 0.1) is 18.1 Å². The van der Waals surface area contributed by atoms with E-state index in [1.807, 2.05) is 60.7 Å². The number of thioether (sulfide) groups is 1. The van der Waals surface area contributed by atoms with Gasteiger partial charge in [0.15, 0.2) is 10.9 Å². The molecule has 0 N–H and O–H groups in total. The van der Waals surface area contributed by atoms with E-state index in [-0.39, 0.29) is 5.78 Å². The number of hydrogen-bond donors (Lipinski definition) is 0. The van der Waals surface area contributed by atoms with Crippen LogP contribution in [0.4, 0.5) is 0 Å². The van der Waals surface area contributed by atoms with Crippen molar-refractivity contribution in [3.63, 3.8) is 0 Å². The van der Waals surface area contributed by atoms with E-state index < -0.39 is 0 Å². The smallest absolute Gasteiger partial charge is 0.174 e. The summed E-state index contributed by atoms with van der Waals surface area (Å²) >= 11 is 1.67. The van der Waals surface area contributed by atoms with Gasteiger partial charge in [-0.05, 0) is 67.4 Å². The molecule has 0 amide bonds. The van der Waals surface area contributed by atoms with E-state index in [2.05, 4.69) is 17.6 Å². The molecule has 29 heavy (non-hydrogen) atoms. The van der Waals surface area contributed by atoms with Gasteiger partial charge >= 0.3 is 0 Å². The lowest BCUT2D eigenvalue weighted by atomic mass is 10.0. The van der Waals surface area contributed by atoms with Gasteiger partial charge in [-0.2, -0.15) is 0 Å². The second-order valence-corrected chi connectivity index (χ2v) is 7.85. The molecule has 0 unspecified atom stereocenters. The number of aryl methyl sites for hydroxylation is 1. The Bertz CT molecular complexity index is 1180. The quantitative estimate of drug-likeness (QED) is 0.300. The normalized spacial score (nSPS) is 11.0. The zero-order valence-electron chi connectivity index (χ0n) is 16.7. The summed E-state index contributed by atoms with van der Waals surface area (Å²) < 4.78 is 7.47. The van der Waals surface area contributed by atoms with Crippen molar-refractivity contribution in [2.24, 2.45) is 0 Å². The Labute approximate surface area is 174 Å². The van der Waals surface area contributed by atoms with Crippen molar-refractivity contribution >= 4 is 28.6 Å². The summed E-state index contributed by atoms with van der Waals surface area (Å²) in [7, 11) is 1.67. The molecule has 0 saturated carbocycles. The molecule has 4 rings (SSSR count). The number of ketones is 1. The number of ether oxygens (including phenoxy) is 1. The lowest BCUT2D eigenvalue weighted by Gasteiger charge is -2.11. The highest BCUT2D eigenvalue weighted by Crippen LogP contribution is 2.31.